The van der Waals surface area contributed by atoms with E-state index in [9.17, 15) is 0 Å². The van der Waals surface area contributed by atoms with Crippen molar-refractivity contribution in [1.29, 1.82) is 0 Å². The minimum atomic E-state index is -0.861. The fourth-order valence-corrected chi connectivity index (χ4v) is 0. The zero-order chi connectivity index (χ0) is 9.00. The van der Waals surface area contributed by atoms with Crippen molar-refractivity contribution in [1.82, 2.24) is 0 Å². The Morgan fingerprint density at radius 3 is 0.692 bits per heavy atom. The molecule has 0 fully saturated rings. The van der Waals surface area contributed by atoms with Crippen molar-refractivity contribution >= 4 is 16.1 Å². The van der Waals surface area contributed by atoms with E-state index in [0.29, 0.717) is 0 Å². The van der Waals surface area contributed by atoms with Crippen LogP contribution in [0.1, 0.15) is 0 Å². The van der Waals surface area contributed by atoms with Gasteiger partial charge in [0, 0.05) is 32.7 Å². The number of rotatable bonds is 0. The average molecular weight is 326 g/mol. The SMILES string of the molecule is [CH2-][Si](C)(C)C.[CH2-][Si](C)(C)C.[CH3-].[Ti+3].[Y]. The van der Waals surface area contributed by atoms with Crippen LogP contribution in [0.15, 0.2) is 0 Å². The zero-order valence-corrected chi connectivity index (χ0v) is 16.9. The van der Waals surface area contributed by atoms with Crippen molar-refractivity contribution < 1.29 is 54.4 Å². The second kappa shape index (κ2) is 12.3. The third-order valence-electron chi connectivity index (χ3n) is 0. The summed E-state index contributed by atoms with van der Waals surface area (Å²) in [4.78, 5) is 0. The Morgan fingerprint density at radius 2 is 0.692 bits per heavy atom. The van der Waals surface area contributed by atoms with E-state index in [4.69, 9.17) is 0 Å². The summed E-state index contributed by atoms with van der Waals surface area (Å²) >= 11 is 0. The Labute approximate surface area is 129 Å². The van der Waals surface area contributed by atoms with Crippen molar-refractivity contribution in [2.45, 2.75) is 39.3 Å². The normalized spacial score (nSPS) is 9.23. The van der Waals surface area contributed by atoms with Crippen molar-refractivity contribution in [2.24, 2.45) is 0 Å². The number of hydrogen-bond donors (Lipinski definition) is 0. The summed E-state index contributed by atoms with van der Waals surface area (Å²) in [5, 5.41) is 0. The van der Waals surface area contributed by atoms with Crippen molar-refractivity contribution in [3.05, 3.63) is 20.5 Å². The van der Waals surface area contributed by atoms with Crippen LogP contribution in [-0.4, -0.2) is 16.1 Å². The second-order valence-electron chi connectivity index (χ2n) is 5.12. The van der Waals surface area contributed by atoms with Gasteiger partial charge in [-0.1, -0.05) is 39.3 Å². The van der Waals surface area contributed by atoms with Crippen LogP contribution in [0.2, 0.25) is 39.3 Å². The molecule has 0 saturated heterocycles. The summed E-state index contributed by atoms with van der Waals surface area (Å²) in [5.74, 6) is 0. The summed E-state index contributed by atoms with van der Waals surface area (Å²) in [6.07, 6.45) is 0. The maximum Gasteiger partial charge on any atom is 3.00 e. The van der Waals surface area contributed by atoms with Crippen LogP contribution < -0.4 is 0 Å². The first kappa shape index (κ1) is 29.5. The first-order valence-corrected chi connectivity index (χ1v) is 11.1. The average Bonchev–Trinajstić information content (AvgIpc) is 1.12. The Morgan fingerprint density at radius 1 is 0.692 bits per heavy atom. The van der Waals surface area contributed by atoms with Crippen LogP contribution in [-0.2, 0) is 54.4 Å². The Bertz CT molecular complexity index is 60.6. The molecule has 0 aromatic heterocycles. The molecule has 0 atom stereocenters. The largest absolute Gasteiger partial charge is 3.00 e. The van der Waals surface area contributed by atoms with E-state index in [0.717, 1.165) is 0 Å². The van der Waals surface area contributed by atoms with Gasteiger partial charge in [-0.3, -0.25) is 0 Å². The van der Waals surface area contributed by atoms with E-state index in [1.807, 2.05) is 0 Å². The molecule has 0 spiro atoms. The molecule has 2 radical (unpaired) electrons. The van der Waals surface area contributed by atoms with Crippen molar-refractivity contribution in [3.8, 4) is 0 Å². The zero-order valence-electron chi connectivity index (χ0n) is 10.5. The van der Waals surface area contributed by atoms with Gasteiger partial charge in [0.1, 0.15) is 0 Å². The van der Waals surface area contributed by atoms with E-state index in [1.165, 1.54) is 0 Å². The van der Waals surface area contributed by atoms with Crippen LogP contribution in [0.25, 0.3) is 0 Å². The smallest absolute Gasteiger partial charge is 0.358 e. The van der Waals surface area contributed by atoms with Gasteiger partial charge >= 0.3 is 21.7 Å². The predicted octanol–water partition coefficient (Wildman–Crippen LogP) is 3.84. The van der Waals surface area contributed by atoms with Crippen LogP contribution in [0.3, 0.4) is 0 Å². The van der Waals surface area contributed by atoms with Gasteiger partial charge in [0.15, 0.2) is 0 Å². The van der Waals surface area contributed by atoms with Gasteiger partial charge in [0.2, 0.25) is 0 Å². The molecule has 0 aromatic carbocycles. The van der Waals surface area contributed by atoms with Crippen LogP contribution in [0.4, 0.5) is 0 Å². The van der Waals surface area contributed by atoms with E-state index in [-0.39, 0.29) is 61.9 Å². The van der Waals surface area contributed by atoms with Crippen LogP contribution in [0, 0.1) is 20.5 Å². The fraction of sp³-hybridized carbons (Fsp3) is 0.667. The molecule has 4 heteroatoms. The summed E-state index contributed by atoms with van der Waals surface area (Å²) in [6.45, 7) is 21.1. The van der Waals surface area contributed by atoms with Gasteiger partial charge < -0.3 is 20.5 Å². The third-order valence-corrected chi connectivity index (χ3v) is 0. The fourth-order valence-electron chi connectivity index (χ4n) is 0. The van der Waals surface area contributed by atoms with Crippen LogP contribution >= 0.6 is 0 Å². The molecule has 0 unspecified atom stereocenters. The minimum Gasteiger partial charge on any atom is -0.358 e. The molecule has 0 rings (SSSR count). The van der Waals surface area contributed by atoms with E-state index < -0.39 is 16.1 Å². The predicted molar refractivity (Wildman–Crippen MR) is 63.8 cm³/mol. The maximum absolute atomic E-state index is 3.91. The first-order chi connectivity index (χ1) is 4.00. The van der Waals surface area contributed by atoms with Gasteiger partial charge in [0.05, 0.1) is 0 Å². The van der Waals surface area contributed by atoms with Gasteiger partial charge in [0.25, 0.3) is 0 Å². The van der Waals surface area contributed by atoms with Crippen molar-refractivity contribution in [2.75, 3.05) is 0 Å². The molecule has 0 aliphatic carbocycles. The molecule has 0 aromatic rings. The third kappa shape index (κ3) is 422. The van der Waals surface area contributed by atoms with Crippen molar-refractivity contribution in [3.63, 3.8) is 0 Å². The molecule has 76 valence electrons. The molecule has 13 heavy (non-hydrogen) atoms. The Kier molecular flexibility index (Phi) is 27.9. The van der Waals surface area contributed by atoms with E-state index in [1.54, 1.807) is 0 Å². The Balaban J connectivity index is -0.0000000267. The second-order valence-corrected chi connectivity index (χ2v) is 15.4. The Hall–Kier alpha value is 2.25. The summed E-state index contributed by atoms with van der Waals surface area (Å²) in [6, 6.07) is 0. The molecule has 0 aliphatic rings. The molecule has 0 aliphatic heterocycles. The molecule has 0 amide bonds. The molecule has 0 nitrogen and oxygen atoms in total. The van der Waals surface area contributed by atoms with E-state index in [2.05, 4.69) is 52.4 Å². The first-order valence-electron chi connectivity index (χ1n) is 3.71. The van der Waals surface area contributed by atoms with Gasteiger partial charge in [-0.15, -0.1) is 16.1 Å². The van der Waals surface area contributed by atoms with E-state index >= 15 is 0 Å². The van der Waals surface area contributed by atoms with Gasteiger partial charge in [-0.2, -0.15) is 0 Å². The topological polar surface area (TPSA) is 0 Å². The monoisotopic (exact) mass is 326 g/mol. The summed E-state index contributed by atoms with van der Waals surface area (Å²) in [5.41, 5.74) is 0. The van der Waals surface area contributed by atoms with Gasteiger partial charge in [-0.05, 0) is 0 Å². The molecule has 0 heterocycles. The minimum absolute atomic E-state index is 0. The summed E-state index contributed by atoms with van der Waals surface area (Å²) < 4.78 is 0. The molecular formula is C9H25Si2TiY. The quantitative estimate of drug-likeness (QED) is 0.469. The summed E-state index contributed by atoms with van der Waals surface area (Å²) in [7, 11) is -1.72. The molecule has 0 N–H and O–H groups in total. The maximum atomic E-state index is 3.91. The van der Waals surface area contributed by atoms with Crippen LogP contribution in [0.5, 0.6) is 0 Å². The van der Waals surface area contributed by atoms with Gasteiger partial charge in [-0.25, -0.2) is 0 Å². The molecule has 0 saturated carbocycles. The molecular weight excluding hydrogens is 301 g/mol. The molecule has 0 bridgehead atoms. The standard InChI is InChI=1S/2C4H11Si.CH3.Ti.Y/c2*1-5(2,3)4;;;/h2*1H2,2-4H3;1H3;;/q3*-1;+3;. The number of hydrogen-bond acceptors (Lipinski definition) is 0.